The van der Waals surface area contributed by atoms with Crippen LogP contribution in [0.4, 0.5) is 0 Å². The van der Waals surface area contributed by atoms with Crippen molar-refractivity contribution in [1.82, 2.24) is 9.55 Å². The van der Waals surface area contributed by atoms with Crippen LogP contribution in [0.5, 0.6) is 0 Å². The minimum atomic E-state index is -0.390. The Hall–Kier alpha value is 0.0800. The van der Waals surface area contributed by atoms with Crippen LogP contribution in [0.2, 0.25) is 0 Å². The molecule has 0 aliphatic carbocycles. The van der Waals surface area contributed by atoms with Gasteiger partial charge in [0.1, 0.15) is 11.1 Å². The highest BCUT2D eigenvalue weighted by Crippen LogP contribution is 2.43. The number of esters is 1. The molecule has 0 amide bonds. The van der Waals surface area contributed by atoms with Crippen LogP contribution >= 0.6 is 63.7 Å². The number of ether oxygens (including phenoxy) is 1. The van der Waals surface area contributed by atoms with E-state index in [0.717, 1.165) is 67.6 Å². The van der Waals surface area contributed by atoms with Gasteiger partial charge in [-0.05, 0) is 97.3 Å². The van der Waals surface area contributed by atoms with Crippen LogP contribution in [-0.4, -0.2) is 21.1 Å². The lowest BCUT2D eigenvalue weighted by atomic mass is 10.1. The first-order chi connectivity index (χ1) is 12.6. The molecule has 0 unspecified atom stereocenters. The third-order valence-corrected chi connectivity index (χ3v) is 8.76. The van der Waals surface area contributed by atoms with Gasteiger partial charge in [-0.1, -0.05) is 19.3 Å². The molecule has 0 bridgehead atoms. The van der Waals surface area contributed by atoms with Crippen LogP contribution in [-0.2, 0) is 16.1 Å². The summed E-state index contributed by atoms with van der Waals surface area (Å²) in [7, 11) is 0. The number of imidazole rings is 1. The Morgan fingerprint density at radius 2 is 1.56 bits per heavy atom. The molecule has 2 rings (SSSR count). The van der Waals surface area contributed by atoms with Crippen molar-refractivity contribution >= 4 is 80.7 Å². The molecule has 0 radical (unpaired) electrons. The highest BCUT2D eigenvalue weighted by atomic mass is 79.9. The standard InChI is InChI=1S/C19H24Br4N2O2/c1-19(2,3)27-12(26)9-7-5-4-6-8-10-25-11-24-17-15(22)13(20)14(21)16(23)18(17)25/h11H,4-10H2,1-3H3. The Bertz CT molecular complexity index is 812. The van der Waals surface area contributed by atoms with Gasteiger partial charge in [-0.25, -0.2) is 4.98 Å². The lowest BCUT2D eigenvalue weighted by Crippen LogP contribution is -2.23. The Morgan fingerprint density at radius 3 is 2.22 bits per heavy atom. The number of hydrogen-bond acceptors (Lipinski definition) is 3. The summed E-state index contributed by atoms with van der Waals surface area (Å²) in [5, 5.41) is 0. The van der Waals surface area contributed by atoms with E-state index in [4.69, 9.17) is 4.74 Å². The molecule has 0 aliphatic heterocycles. The normalized spacial score (nSPS) is 12.0. The second-order valence-corrected chi connectivity index (χ2v) is 10.7. The molecule has 0 spiro atoms. The van der Waals surface area contributed by atoms with Crippen molar-refractivity contribution in [2.24, 2.45) is 0 Å². The maximum Gasteiger partial charge on any atom is 0.306 e. The fourth-order valence-corrected chi connectivity index (χ4v) is 5.22. The molecule has 8 heteroatoms. The van der Waals surface area contributed by atoms with Gasteiger partial charge < -0.3 is 9.30 Å². The maximum absolute atomic E-state index is 11.7. The van der Waals surface area contributed by atoms with E-state index in [-0.39, 0.29) is 5.97 Å². The van der Waals surface area contributed by atoms with E-state index in [1.165, 1.54) is 0 Å². The predicted octanol–water partition coefficient (Wildman–Crippen LogP) is 7.77. The van der Waals surface area contributed by atoms with Crippen molar-refractivity contribution in [2.75, 3.05) is 0 Å². The van der Waals surface area contributed by atoms with Crippen molar-refractivity contribution in [3.8, 4) is 0 Å². The lowest BCUT2D eigenvalue weighted by molar-refractivity contribution is -0.154. The number of nitrogens with zero attached hydrogens (tertiary/aromatic N) is 2. The summed E-state index contributed by atoms with van der Waals surface area (Å²) in [6, 6.07) is 0. The number of benzene rings is 1. The fraction of sp³-hybridized carbons (Fsp3) is 0.579. The van der Waals surface area contributed by atoms with Crippen molar-refractivity contribution in [2.45, 2.75) is 71.4 Å². The van der Waals surface area contributed by atoms with Gasteiger partial charge in [0.2, 0.25) is 0 Å². The van der Waals surface area contributed by atoms with E-state index in [2.05, 4.69) is 73.3 Å². The van der Waals surface area contributed by atoms with Gasteiger partial charge in [0, 0.05) is 21.9 Å². The molecule has 1 heterocycles. The minimum absolute atomic E-state index is 0.0976. The zero-order valence-corrected chi connectivity index (χ0v) is 22.1. The number of unbranched alkanes of at least 4 members (excludes halogenated alkanes) is 4. The number of carbonyl (C=O) groups is 1. The first kappa shape index (κ1) is 23.4. The first-order valence-electron chi connectivity index (χ1n) is 9.00. The molecular formula is C19H24Br4N2O2. The second-order valence-electron chi connectivity index (χ2n) is 7.50. The largest absolute Gasteiger partial charge is 0.460 e. The van der Waals surface area contributed by atoms with Crippen LogP contribution in [0.15, 0.2) is 24.2 Å². The van der Waals surface area contributed by atoms with Crippen LogP contribution in [0, 0.1) is 0 Å². The first-order valence-corrected chi connectivity index (χ1v) is 12.2. The molecule has 27 heavy (non-hydrogen) atoms. The van der Waals surface area contributed by atoms with E-state index in [1.807, 2.05) is 27.1 Å². The van der Waals surface area contributed by atoms with Crippen LogP contribution in [0.25, 0.3) is 11.0 Å². The fourth-order valence-electron chi connectivity index (χ4n) is 2.82. The molecule has 0 N–H and O–H groups in total. The van der Waals surface area contributed by atoms with E-state index in [1.54, 1.807) is 0 Å². The smallest absolute Gasteiger partial charge is 0.306 e. The number of aryl methyl sites for hydroxylation is 1. The summed E-state index contributed by atoms with van der Waals surface area (Å²) in [6.07, 6.45) is 7.67. The Morgan fingerprint density at radius 1 is 0.963 bits per heavy atom. The van der Waals surface area contributed by atoms with Crippen LogP contribution in [0.3, 0.4) is 0 Å². The molecule has 0 saturated heterocycles. The molecule has 0 atom stereocenters. The number of aromatic nitrogens is 2. The average Bonchev–Trinajstić information content (AvgIpc) is 2.99. The summed E-state index contributed by atoms with van der Waals surface area (Å²) in [5.74, 6) is -0.0976. The number of rotatable bonds is 8. The molecule has 1 aromatic carbocycles. The molecule has 0 aliphatic rings. The van der Waals surface area contributed by atoms with Crippen molar-refractivity contribution in [3.63, 3.8) is 0 Å². The molecule has 0 saturated carbocycles. The van der Waals surface area contributed by atoms with Gasteiger partial charge in [-0.2, -0.15) is 0 Å². The monoisotopic (exact) mass is 628 g/mol. The third kappa shape index (κ3) is 6.54. The number of hydrogen-bond donors (Lipinski definition) is 0. The summed E-state index contributed by atoms with van der Waals surface area (Å²) in [4.78, 5) is 16.2. The SMILES string of the molecule is CC(C)(C)OC(=O)CCCCCCCn1cnc2c(Br)c(Br)c(Br)c(Br)c21. The molecule has 1 aromatic heterocycles. The third-order valence-electron chi connectivity index (χ3n) is 4.03. The van der Waals surface area contributed by atoms with Crippen LogP contribution < -0.4 is 0 Å². The van der Waals surface area contributed by atoms with Crippen LogP contribution in [0.1, 0.15) is 59.3 Å². The zero-order valence-electron chi connectivity index (χ0n) is 15.7. The summed E-state index contributed by atoms with van der Waals surface area (Å²) < 4.78 is 11.4. The van der Waals surface area contributed by atoms with E-state index in [0.29, 0.717) is 6.42 Å². The summed E-state index contributed by atoms with van der Waals surface area (Å²) >= 11 is 14.5. The van der Waals surface area contributed by atoms with Gasteiger partial charge in [0.15, 0.2) is 0 Å². The molecular weight excluding hydrogens is 608 g/mol. The highest BCUT2D eigenvalue weighted by molar-refractivity contribution is 9.15. The van der Waals surface area contributed by atoms with E-state index >= 15 is 0 Å². The topological polar surface area (TPSA) is 44.1 Å². The van der Waals surface area contributed by atoms with Gasteiger partial charge in [0.25, 0.3) is 0 Å². The van der Waals surface area contributed by atoms with Crippen molar-refractivity contribution < 1.29 is 9.53 Å². The summed E-state index contributed by atoms with van der Waals surface area (Å²) in [5.41, 5.74) is 1.63. The minimum Gasteiger partial charge on any atom is -0.460 e. The number of fused-ring (bicyclic) bond motifs is 1. The quantitative estimate of drug-likeness (QED) is 0.129. The molecule has 0 fully saturated rings. The van der Waals surface area contributed by atoms with E-state index < -0.39 is 5.60 Å². The van der Waals surface area contributed by atoms with Crippen molar-refractivity contribution in [1.29, 1.82) is 0 Å². The number of carbonyl (C=O) groups excluding carboxylic acids is 1. The summed E-state index contributed by atoms with van der Waals surface area (Å²) in [6.45, 7) is 6.62. The number of halogens is 4. The Balaban J connectivity index is 1.78. The average molecular weight is 632 g/mol. The van der Waals surface area contributed by atoms with Gasteiger partial charge >= 0.3 is 5.97 Å². The predicted molar refractivity (Wildman–Crippen MR) is 124 cm³/mol. The molecule has 2 aromatic rings. The lowest BCUT2D eigenvalue weighted by Gasteiger charge is -2.19. The zero-order chi connectivity index (χ0) is 20.2. The Kier molecular flexibility index (Phi) is 8.84. The van der Waals surface area contributed by atoms with Gasteiger partial charge in [0.05, 0.1) is 20.8 Å². The Labute approximate surface area is 194 Å². The molecule has 4 nitrogen and oxygen atoms in total. The van der Waals surface area contributed by atoms with Gasteiger partial charge in [-0.15, -0.1) is 0 Å². The maximum atomic E-state index is 11.7. The van der Waals surface area contributed by atoms with Crippen molar-refractivity contribution in [3.05, 3.63) is 24.2 Å². The molecule has 150 valence electrons. The highest BCUT2D eigenvalue weighted by Gasteiger charge is 2.18. The van der Waals surface area contributed by atoms with E-state index in [9.17, 15) is 4.79 Å². The van der Waals surface area contributed by atoms with Gasteiger partial charge in [-0.3, -0.25) is 4.79 Å². The second kappa shape index (κ2) is 10.2.